The number of aliphatic hydroxyl groups is 1. The molecule has 1 unspecified atom stereocenters. The first kappa shape index (κ1) is 21.8. The number of hydrogen-bond acceptors (Lipinski definition) is 9. The van der Waals surface area contributed by atoms with E-state index in [0.29, 0.717) is 37.2 Å². The Bertz CT molecular complexity index is 1130. The number of pyridine rings is 1. The number of fused-ring (bicyclic) bond motifs is 1. The van der Waals surface area contributed by atoms with E-state index in [1.165, 1.54) is 0 Å². The molecular formula is C24H29N5O4. The summed E-state index contributed by atoms with van der Waals surface area (Å²) in [5, 5.41) is 10.6. The third-order valence-electron chi connectivity index (χ3n) is 6.35. The Morgan fingerprint density at radius 2 is 1.94 bits per heavy atom. The highest BCUT2D eigenvalue weighted by Gasteiger charge is 2.25. The Hall–Kier alpha value is -3.01. The van der Waals surface area contributed by atoms with Crippen molar-refractivity contribution in [3.05, 3.63) is 35.9 Å². The van der Waals surface area contributed by atoms with Gasteiger partial charge in [0, 0.05) is 37.9 Å². The average molecular weight is 452 g/mol. The molecular weight excluding hydrogens is 422 g/mol. The summed E-state index contributed by atoms with van der Waals surface area (Å²) < 4.78 is 16.5. The molecule has 2 aliphatic heterocycles. The molecule has 1 aromatic carbocycles. The van der Waals surface area contributed by atoms with E-state index >= 15 is 0 Å². The van der Waals surface area contributed by atoms with Gasteiger partial charge in [0.15, 0.2) is 5.65 Å². The van der Waals surface area contributed by atoms with Crippen molar-refractivity contribution >= 4 is 22.8 Å². The van der Waals surface area contributed by atoms with E-state index in [0.717, 1.165) is 54.1 Å². The molecule has 2 aliphatic rings. The monoisotopic (exact) mass is 451 g/mol. The van der Waals surface area contributed by atoms with Crippen LogP contribution in [0.3, 0.4) is 0 Å². The summed E-state index contributed by atoms with van der Waals surface area (Å²) >= 11 is 0. The SMILES string of the molecule is COc1ccc(-c2ccc3c(N4CCOCC4)nc(N(C)C4CCOC4)nc3n2)cc1CO. The number of anilines is 2. The zero-order valence-corrected chi connectivity index (χ0v) is 19.0. The van der Waals surface area contributed by atoms with Crippen molar-refractivity contribution in [1.29, 1.82) is 0 Å². The van der Waals surface area contributed by atoms with Crippen molar-refractivity contribution in [3.8, 4) is 17.0 Å². The van der Waals surface area contributed by atoms with Crippen LogP contribution in [0.4, 0.5) is 11.8 Å². The van der Waals surface area contributed by atoms with Crippen molar-refractivity contribution < 1.29 is 19.3 Å². The number of benzene rings is 1. The molecule has 0 bridgehead atoms. The summed E-state index contributed by atoms with van der Waals surface area (Å²) in [4.78, 5) is 19.1. The summed E-state index contributed by atoms with van der Waals surface area (Å²) in [5.74, 6) is 2.19. The van der Waals surface area contributed by atoms with Gasteiger partial charge in [-0.2, -0.15) is 9.97 Å². The van der Waals surface area contributed by atoms with Crippen LogP contribution < -0.4 is 14.5 Å². The summed E-state index contributed by atoms with van der Waals surface area (Å²) in [6.07, 6.45) is 0.952. The highest BCUT2D eigenvalue weighted by molar-refractivity contribution is 5.90. The number of ether oxygens (including phenoxy) is 3. The van der Waals surface area contributed by atoms with Crippen molar-refractivity contribution in [3.63, 3.8) is 0 Å². The fourth-order valence-electron chi connectivity index (χ4n) is 4.37. The highest BCUT2D eigenvalue weighted by Crippen LogP contribution is 2.31. The van der Waals surface area contributed by atoms with Gasteiger partial charge in [0.2, 0.25) is 5.95 Å². The lowest BCUT2D eigenvalue weighted by Crippen LogP contribution is -2.38. The lowest BCUT2D eigenvalue weighted by atomic mass is 10.1. The summed E-state index contributed by atoms with van der Waals surface area (Å²) in [5.41, 5.74) is 3.04. The van der Waals surface area contributed by atoms with Crippen molar-refractivity contribution in [1.82, 2.24) is 15.0 Å². The van der Waals surface area contributed by atoms with Crippen molar-refractivity contribution in [2.24, 2.45) is 0 Å². The number of methoxy groups -OCH3 is 1. The molecule has 0 aliphatic carbocycles. The molecule has 0 radical (unpaired) electrons. The van der Waals surface area contributed by atoms with Crippen LogP contribution in [0, 0.1) is 0 Å². The second-order valence-corrected chi connectivity index (χ2v) is 8.33. The van der Waals surface area contributed by atoms with E-state index in [-0.39, 0.29) is 12.6 Å². The molecule has 5 rings (SSSR count). The summed E-state index contributed by atoms with van der Waals surface area (Å²) in [6.45, 7) is 4.24. The lowest BCUT2D eigenvalue weighted by Gasteiger charge is -2.30. The number of aliphatic hydroxyl groups excluding tert-OH is 1. The number of morpholine rings is 1. The highest BCUT2D eigenvalue weighted by atomic mass is 16.5. The van der Waals surface area contributed by atoms with Gasteiger partial charge in [0.25, 0.3) is 0 Å². The topological polar surface area (TPSA) is 93.1 Å². The number of hydrogen-bond donors (Lipinski definition) is 1. The standard InChI is InChI=1S/C24H29N5O4/c1-28(18-7-10-33-15-18)24-26-22-19(23(27-24)29-8-11-32-12-9-29)4-5-20(25-22)16-3-6-21(31-2)17(13-16)14-30/h3-6,13,18,30H,7-12,14-15H2,1-2H3. The normalized spacial score (nSPS) is 18.6. The zero-order chi connectivity index (χ0) is 22.8. The van der Waals surface area contributed by atoms with E-state index in [9.17, 15) is 5.11 Å². The second-order valence-electron chi connectivity index (χ2n) is 8.33. The van der Waals surface area contributed by atoms with Crippen LogP contribution in [0.1, 0.15) is 12.0 Å². The van der Waals surface area contributed by atoms with Crippen molar-refractivity contribution in [2.75, 3.05) is 63.5 Å². The number of nitrogens with zero attached hydrogens (tertiary/aromatic N) is 5. The zero-order valence-electron chi connectivity index (χ0n) is 19.0. The molecule has 174 valence electrons. The van der Waals surface area contributed by atoms with Gasteiger partial charge in [-0.3, -0.25) is 0 Å². The fourth-order valence-corrected chi connectivity index (χ4v) is 4.37. The van der Waals surface area contributed by atoms with Crippen LogP contribution in [0.2, 0.25) is 0 Å². The predicted molar refractivity (Wildman–Crippen MR) is 126 cm³/mol. The number of aromatic nitrogens is 3. The molecule has 2 saturated heterocycles. The van der Waals surface area contributed by atoms with Gasteiger partial charge in [-0.15, -0.1) is 0 Å². The molecule has 1 atom stereocenters. The van der Waals surface area contributed by atoms with Crippen LogP contribution in [0.5, 0.6) is 5.75 Å². The maximum absolute atomic E-state index is 9.72. The van der Waals surface area contributed by atoms with Gasteiger partial charge in [-0.25, -0.2) is 4.98 Å². The van der Waals surface area contributed by atoms with E-state index in [4.69, 9.17) is 29.2 Å². The largest absolute Gasteiger partial charge is 0.496 e. The van der Waals surface area contributed by atoms with Gasteiger partial charge in [0.1, 0.15) is 11.6 Å². The molecule has 9 heteroatoms. The Kier molecular flexibility index (Phi) is 6.26. The van der Waals surface area contributed by atoms with E-state index in [1.54, 1.807) is 7.11 Å². The van der Waals surface area contributed by atoms with Gasteiger partial charge in [0.05, 0.1) is 50.7 Å². The van der Waals surface area contributed by atoms with Crippen LogP contribution >= 0.6 is 0 Å². The quantitative estimate of drug-likeness (QED) is 0.606. The van der Waals surface area contributed by atoms with Crippen LogP contribution in [-0.2, 0) is 16.1 Å². The molecule has 2 aromatic heterocycles. The average Bonchev–Trinajstić information content (AvgIpc) is 3.42. The van der Waals surface area contributed by atoms with Crippen LogP contribution in [0.25, 0.3) is 22.3 Å². The molecule has 1 N–H and O–H groups in total. The molecule has 0 saturated carbocycles. The molecule has 2 fully saturated rings. The number of likely N-dealkylation sites (N-methyl/N-ethyl adjacent to an activating group) is 1. The van der Waals surface area contributed by atoms with E-state index in [2.05, 4.69) is 9.80 Å². The third kappa shape index (κ3) is 4.31. The minimum atomic E-state index is -0.105. The summed E-state index contributed by atoms with van der Waals surface area (Å²) in [7, 11) is 3.62. The van der Waals surface area contributed by atoms with Gasteiger partial charge < -0.3 is 29.1 Å². The molecule has 0 spiro atoms. The minimum absolute atomic E-state index is 0.105. The second kappa shape index (κ2) is 9.46. The van der Waals surface area contributed by atoms with Gasteiger partial charge in [-0.1, -0.05) is 0 Å². The molecule has 9 nitrogen and oxygen atoms in total. The first-order valence-corrected chi connectivity index (χ1v) is 11.3. The first-order chi connectivity index (χ1) is 16.2. The lowest BCUT2D eigenvalue weighted by molar-refractivity contribution is 0.122. The smallest absolute Gasteiger partial charge is 0.229 e. The molecule has 0 amide bonds. The van der Waals surface area contributed by atoms with Crippen LogP contribution in [-0.4, -0.2) is 79.8 Å². The Labute approximate surface area is 192 Å². The molecule has 3 aromatic rings. The first-order valence-electron chi connectivity index (χ1n) is 11.3. The van der Waals surface area contributed by atoms with Crippen LogP contribution in [0.15, 0.2) is 30.3 Å². The van der Waals surface area contributed by atoms with E-state index in [1.807, 2.05) is 37.4 Å². The Balaban J connectivity index is 1.60. The third-order valence-corrected chi connectivity index (χ3v) is 6.35. The number of rotatable bonds is 6. The molecule has 33 heavy (non-hydrogen) atoms. The van der Waals surface area contributed by atoms with Gasteiger partial charge in [-0.05, 0) is 36.8 Å². The van der Waals surface area contributed by atoms with E-state index < -0.39 is 0 Å². The maximum Gasteiger partial charge on any atom is 0.229 e. The van der Waals surface area contributed by atoms with Gasteiger partial charge >= 0.3 is 0 Å². The maximum atomic E-state index is 9.72. The van der Waals surface area contributed by atoms with Crippen molar-refractivity contribution in [2.45, 2.75) is 19.1 Å². The Morgan fingerprint density at radius 3 is 2.67 bits per heavy atom. The minimum Gasteiger partial charge on any atom is -0.496 e. The summed E-state index contributed by atoms with van der Waals surface area (Å²) in [6, 6.07) is 9.96. The fraction of sp³-hybridized carbons (Fsp3) is 0.458. The molecule has 4 heterocycles. The Morgan fingerprint density at radius 1 is 1.09 bits per heavy atom. The predicted octanol–water partition coefficient (Wildman–Crippen LogP) is 2.25.